The third-order valence-electron chi connectivity index (χ3n) is 7.99. The molecule has 3 fully saturated rings. The van der Waals surface area contributed by atoms with Gasteiger partial charge in [0, 0.05) is 37.0 Å². The number of nitrogens with zero attached hydrogens (tertiary/aromatic N) is 4. The van der Waals surface area contributed by atoms with E-state index in [4.69, 9.17) is 14.0 Å². The van der Waals surface area contributed by atoms with Crippen molar-refractivity contribution in [3.8, 4) is 0 Å². The predicted octanol–water partition coefficient (Wildman–Crippen LogP) is 3.77. The van der Waals surface area contributed by atoms with Crippen LogP contribution in [0.1, 0.15) is 61.3 Å². The number of likely N-dealkylation sites (tertiary alicyclic amines) is 1. The van der Waals surface area contributed by atoms with Crippen molar-refractivity contribution in [1.29, 1.82) is 0 Å². The molecule has 3 saturated heterocycles. The fraction of sp³-hybridized carbons (Fsp3) is 0.654. The second kappa shape index (κ2) is 8.06. The first-order valence-corrected chi connectivity index (χ1v) is 12.6. The van der Waals surface area contributed by atoms with Gasteiger partial charge in [0.1, 0.15) is 17.7 Å². The normalized spacial score (nSPS) is 23.0. The Balaban J connectivity index is 1.29. The van der Waals surface area contributed by atoms with Crippen LogP contribution >= 0.6 is 0 Å². The minimum absolute atomic E-state index is 0.185. The molecule has 9 heteroatoms. The van der Waals surface area contributed by atoms with Gasteiger partial charge >= 0.3 is 13.2 Å². The molecule has 2 aromatic rings. The maximum absolute atomic E-state index is 12.4. The zero-order chi connectivity index (χ0) is 25.2. The summed E-state index contributed by atoms with van der Waals surface area (Å²) in [5.41, 5.74) is 0.836. The Kier molecular flexibility index (Phi) is 5.60. The number of piperidine rings is 1. The average Bonchev–Trinajstić information content (AvgIpc) is 2.97. The highest BCUT2D eigenvalue weighted by Gasteiger charge is 2.52. The average molecular weight is 480 g/mol. The summed E-state index contributed by atoms with van der Waals surface area (Å²) in [4.78, 5) is 25.7. The van der Waals surface area contributed by atoms with Gasteiger partial charge in [0.15, 0.2) is 0 Å². The second-order valence-corrected chi connectivity index (χ2v) is 12.4. The number of carbonyl (C=O) groups is 1. The highest BCUT2D eigenvalue weighted by molar-refractivity contribution is 6.62. The standard InChI is InChI=1S/C26H37BN4O4/c1-23(2,3)33-22(32)31-15-26(16-31)10-12-30(13-11-26)21-19-14-18(8-9-20(19)28-17-29-21)27-34-24(4,5)25(6,7)35-27/h8-9,14,17H,10-13,15-16H2,1-7H3. The summed E-state index contributed by atoms with van der Waals surface area (Å²) in [7, 11) is -0.420. The van der Waals surface area contributed by atoms with Crippen LogP contribution in [0.2, 0.25) is 0 Å². The lowest BCUT2D eigenvalue weighted by Gasteiger charge is -2.53. The van der Waals surface area contributed by atoms with Crippen LogP contribution in [0, 0.1) is 5.41 Å². The van der Waals surface area contributed by atoms with Gasteiger partial charge in [-0.15, -0.1) is 0 Å². The summed E-state index contributed by atoms with van der Waals surface area (Å²) in [6.07, 6.45) is 3.48. The quantitative estimate of drug-likeness (QED) is 0.606. The minimum atomic E-state index is -0.462. The Hall–Kier alpha value is -2.39. The fourth-order valence-corrected chi connectivity index (χ4v) is 5.17. The molecular weight excluding hydrogens is 443 g/mol. The molecule has 1 aromatic carbocycles. The van der Waals surface area contributed by atoms with Gasteiger partial charge in [0.05, 0.1) is 16.7 Å². The van der Waals surface area contributed by atoms with Crippen LogP contribution in [0.25, 0.3) is 10.9 Å². The molecule has 0 bridgehead atoms. The van der Waals surface area contributed by atoms with E-state index >= 15 is 0 Å². The maximum Gasteiger partial charge on any atom is 0.494 e. The van der Waals surface area contributed by atoms with E-state index in [-0.39, 0.29) is 22.7 Å². The van der Waals surface area contributed by atoms with Crippen molar-refractivity contribution in [2.24, 2.45) is 5.41 Å². The smallest absolute Gasteiger partial charge is 0.444 e. The molecule has 188 valence electrons. The molecule has 1 spiro atoms. The Morgan fingerprint density at radius 3 is 2.26 bits per heavy atom. The van der Waals surface area contributed by atoms with Crippen molar-refractivity contribution in [3.63, 3.8) is 0 Å². The van der Waals surface area contributed by atoms with Crippen LogP contribution in [-0.4, -0.2) is 71.1 Å². The largest absolute Gasteiger partial charge is 0.494 e. The van der Waals surface area contributed by atoms with Gasteiger partial charge in [-0.3, -0.25) is 0 Å². The number of anilines is 1. The van der Waals surface area contributed by atoms with Gasteiger partial charge in [-0.1, -0.05) is 6.07 Å². The first kappa shape index (κ1) is 24.3. The molecule has 0 N–H and O–H groups in total. The molecule has 3 aliphatic rings. The molecule has 4 heterocycles. The van der Waals surface area contributed by atoms with Crippen LogP contribution in [0.5, 0.6) is 0 Å². The Bertz CT molecular complexity index is 1110. The van der Waals surface area contributed by atoms with Gasteiger partial charge in [-0.25, -0.2) is 14.8 Å². The van der Waals surface area contributed by atoms with E-state index in [1.807, 2.05) is 37.8 Å². The number of carbonyl (C=O) groups excluding carboxylic acids is 1. The summed E-state index contributed by atoms with van der Waals surface area (Å²) in [6, 6.07) is 6.17. The van der Waals surface area contributed by atoms with Gasteiger partial charge in [-0.2, -0.15) is 0 Å². The Morgan fingerprint density at radius 1 is 1.03 bits per heavy atom. The molecule has 35 heavy (non-hydrogen) atoms. The monoisotopic (exact) mass is 480 g/mol. The number of benzene rings is 1. The lowest BCUT2D eigenvalue weighted by molar-refractivity contribution is -0.0434. The molecule has 8 nitrogen and oxygen atoms in total. The Labute approximate surface area is 208 Å². The molecule has 3 aliphatic heterocycles. The molecule has 0 radical (unpaired) electrons. The number of fused-ring (bicyclic) bond motifs is 1. The minimum Gasteiger partial charge on any atom is -0.444 e. The van der Waals surface area contributed by atoms with Gasteiger partial charge in [0.25, 0.3) is 0 Å². The summed E-state index contributed by atoms with van der Waals surface area (Å²) in [6.45, 7) is 17.3. The number of hydrogen-bond acceptors (Lipinski definition) is 7. The van der Waals surface area contributed by atoms with Crippen molar-refractivity contribution >= 4 is 35.4 Å². The number of aromatic nitrogens is 2. The summed E-state index contributed by atoms with van der Waals surface area (Å²) in [5.74, 6) is 0.950. The number of rotatable bonds is 2. The number of amides is 1. The molecular formula is C26H37BN4O4. The third kappa shape index (κ3) is 4.49. The van der Waals surface area contributed by atoms with E-state index in [1.54, 1.807) is 6.33 Å². The predicted molar refractivity (Wildman–Crippen MR) is 137 cm³/mol. The van der Waals surface area contributed by atoms with E-state index in [2.05, 4.69) is 48.6 Å². The van der Waals surface area contributed by atoms with E-state index in [9.17, 15) is 4.79 Å². The molecule has 0 unspecified atom stereocenters. The van der Waals surface area contributed by atoms with Crippen molar-refractivity contribution in [1.82, 2.24) is 14.9 Å². The van der Waals surface area contributed by atoms with Crippen LogP contribution in [0.4, 0.5) is 10.6 Å². The summed E-state index contributed by atoms with van der Waals surface area (Å²) < 4.78 is 18.1. The van der Waals surface area contributed by atoms with Gasteiger partial charge in [-0.05, 0) is 78.9 Å². The molecule has 1 amide bonds. The van der Waals surface area contributed by atoms with Crippen molar-refractivity contribution in [2.75, 3.05) is 31.1 Å². The SMILES string of the molecule is CC(C)(C)OC(=O)N1CC2(CCN(c3ncnc4ccc(B5OC(C)(C)C(C)(C)O5)cc34)CC2)C1. The van der Waals surface area contributed by atoms with Crippen LogP contribution < -0.4 is 10.4 Å². The summed E-state index contributed by atoms with van der Waals surface area (Å²) >= 11 is 0. The molecule has 0 aliphatic carbocycles. The lowest BCUT2D eigenvalue weighted by Crippen LogP contribution is -2.62. The molecule has 1 aromatic heterocycles. The van der Waals surface area contributed by atoms with Crippen molar-refractivity contribution < 1.29 is 18.8 Å². The zero-order valence-electron chi connectivity index (χ0n) is 22.1. The maximum atomic E-state index is 12.4. The lowest BCUT2D eigenvalue weighted by atomic mass is 9.72. The molecule has 0 atom stereocenters. The first-order chi connectivity index (χ1) is 16.3. The first-order valence-electron chi connectivity index (χ1n) is 12.6. The van der Waals surface area contributed by atoms with E-state index in [1.165, 1.54) is 0 Å². The topological polar surface area (TPSA) is 77.0 Å². The van der Waals surface area contributed by atoms with Crippen molar-refractivity contribution in [2.45, 2.75) is 78.1 Å². The fourth-order valence-electron chi connectivity index (χ4n) is 5.17. The van der Waals surface area contributed by atoms with E-state index in [0.717, 1.165) is 61.2 Å². The van der Waals surface area contributed by atoms with Gasteiger partial charge < -0.3 is 23.8 Å². The van der Waals surface area contributed by atoms with Crippen molar-refractivity contribution in [3.05, 3.63) is 24.5 Å². The highest BCUT2D eigenvalue weighted by atomic mass is 16.7. The van der Waals surface area contributed by atoms with Crippen LogP contribution in [0.3, 0.4) is 0 Å². The zero-order valence-corrected chi connectivity index (χ0v) is 22.1. The Morgan fingerprint density at radius 2 is 1.66 bits per heavy atom. The van der Waals surface area contributed by atoms with Crippen LogP contribution in [0.15, 0.2) is 24.5 Å². The van der Waals surface area contributed by atoms with E-state index in [0.29, 0.717) is 0 Å². The molecule has 0 saturated carbocycles. The summed E-state index contributed by atoms with van der Waals surface area (Å²) in [5, 5.41) is 1.01. The number of hydrogen-bond donors (Lipinski definition) is 0. The highest BCUT2D eigenvalue weighted by Crippen LogP contribution is 2.42. The van der Waals surface area contributed by atoms with Crippen LogP contribution in [-0.2, 0) is 14.0 Å². The second-order valence-electron chi connectivity index (χ2n) is 12.4. The third-order valence-corrected chi connectivity index (χ3v) is 7.99. The molecule has 5 rings (SSSR count). The van der Waals surface area contributed by atoms with E-state index < -0.39 is 12.7 Å². The van der Waals surface area contributed by atoms with Gasteiger partial charge in [0.2, 0.25) is 0 Å². The number of ether oxygens (including phenoxy) is 1.